The first-order valence-corrected chi connectivity index (χ1v) is 13.4. The monoisotopic (exact) mass is 501 g/mol. The number of benzene rings is 1. The Bertz CT molecular complexity index is 1200. The van der Waals surface area contributed by atoms with Gasteiger partial charge in [0.2, 0.25) is 25.9 Å². The van der Waals surface area contributed by atoms with Crippen molar-refractivity contribution in [2.24, 2.45) is 10.9 Å². The Morgan fingerprint density at radius 1 is 1.24 bits per heavy atom. The summed E-state index contributed by atoms with van der Waals surface area (Å²) in [6.45, 7) is 1.87. The second-order valence-corrected chi connectivity index (χ2v) is 11.5. The van der Waals surface area contributed by atoms with E-state index in [9.17, 15) is 21.9 Å². The lowest BCUT2D eigenvalue weighted by Gasteiger charge is -2.39. The SMILES string of the molecule is NCC1(O)CCN(c2ccc(S(=O)(=O)N[C@@H]3CCNC3)c(S(N)(=O)=O)c2-c2nn[nH]n2)CC1. The van der Waals surface area contributed by atoms with E-state index in [2.05, 4.69) is 30.7 Å². The summed E-state index contributed by atoms with van der Waals surface area (Å²) in [6, 6.07) is 2.33. The van der Waals surface area contributed by atoms with Gasteiger partial charge < -0.3 is 21.1 Å². The summed E-state index contributed by atoms with van der Waals surface area (Å²) >= 11 is 0. The molecule has 2 fully saturated rings. The molecule has 1 atom stereocenters. The molecule has 0 unspecified atom stereocenters. The summed E-state index contributed by atoms with van der Waals surface area (Å²) in [5.74, 6) is -0.117. The predicted molar refractivity (Wildman–Crippen MR) is 118 cm³/mol. The van der Waals surface area contributed by atoms with Crippen LogP contribution in [0.25, 0.3) is 11.4 Å². The molecule has 0 saturated carbocycles. The zero-order valence-corrected chi connectivity index (χ0v) is 19.4. The second kappa shape index (κ2) is 8.86. The van der Waals surface area contributed by atoms with Crippen molar-refractivity contribution < 1.29 is 21.9 Å². The number of aromatic nitrogens is 4. The number of hydrogen-bond acceptors (Lipinski definition) is 11. The van der Waals surface area contributed by atoms with Crippen molar-refractivity contribution in [1.29, 1.82) is 0 Å². The number of H-pyrrole nitrogens is 1. The Morgan fingerprint density at radius 3 is 2.52 bits per heavy atom. The molecule has 1 aromatic heterocycles. The lowest BCUT2D eigenvalue weighted by molar-refractivity contribution is 0.0250. The first-order chi connectivity index (χ1) is 15.5. The Morgan fingerprint density at radius 2 is 1.97 bits per heavy atom. The number of sulfonamides is 2. The number of aromatic amines is 1. The Labute approximate surface area is 191 Å². The number of nitrogens with zero attached hydrogens (tertiary/aromatic N) is 4. The predicted octanol–water partition coefficient (Wildman–Crippen LogP) is -2.56. The van der Waals surface area contributed by atoms with Gasteiger partial charge in [-0.2, -0.15) is 5.21 Å². The van der Waals surface area contributed by atoms with Crippen LogP contribution >= 0.6 is 0 Å². The van der Waals surface area contributed by atoms with Crippen LogP contribution in [0.5, 0.6) is 0 Å². The Balaban J connectivity index is 1.86. The average Bonchev–Trinajstić information content (AvgIpc) is 3.47. The minimum Gasteiger partial charge on any atom is -0.388 e. The molecule has 16 heteroatoms. The Hall–Kier alpha value is -2.21. The fraction of sp³-hybridized carbons (Fsp3) is 0.588. The van der Waals surface area contributed by atoms with Crippen molar-refractivity contribution in [2.75, 3.05) is 37.6 Å². The summed E-state index contributed by atoms with van der Waals surface area (Å²) in [5.41, 5.74) is 4.94. The molecule has 182 valence electrons. The molecule has 1 aromatic carbocycles. The van der Waals surface area contributed by atoms with Crippen LogP contribution in [-0.2, 0) is 20.0 Å². The summed E-state index contributed by atoms with van der Waals surface area (Å²) < 4.78 is 54.4. The molecule has 0 amide bonds. The molecule has 2 saturated heterocycles. The van der Waals surface area contributed by atoms with Crippen LogP contribution in [0.1, 0.15) is 19.3 Å². The number of primary sulfonamides is 1. The quantitative estimate of drug-likeness (QED) is 0.231. The highest BCUT2D eigenvalue weighted by Gasteiger charge is 2.37. The fourth-order valence-electron chi connectivity index (χ4n) is 4.20. The maximum Gasteiger partial charge on any atom is 0.242 e. The molecule has 33 heavy (non-hydrogen) atoms. The van der Waals surface area contributed by atoms with Gasteiger partial charge in [-0.1, -0.05) is 0 Å². The number of tetrazole rings is 1. The van der Waals surface area contributed by atoms with E-state index in [1.54, 1.807) is 0 Å². The molecule has 2 aromatic rings. The highest BCUT2D eigenvalue weighted by atomic mass is 32.2. The number of anilines is 1. The van der Waals surface area contributed by atoms with Crippen LogP contribution in [-0.4, -0.2) is 86.9 Å². The smallest absolute Gasteiger partial charge is 0.242 e. The largest absolute Gasteiger partial charge is 0.388 e. The van der Waals surface area contributed by atoms with Gasteiger partial charge in [-0.3, -0.25) is 0 Å². The zero-order chi connectivity index (χ0) is 23.9. The zero-order valence-electron chi connectivity index (χ0n) is 17.7. The van der Waals surface area contributed by atoms with Crippen molar-refractivity contribution in [3.8, 4) is 11.4 Å². The van der Waals surface area contributed by atoms with Crippen molar-refractivity contribution in [3.63, 3.8) is 0 Å². The number of rotatable bonds is 7. The molecular formula is C17H27N9O5S2. The molecule has 4 rings (SSSR count). The van der Waals surface area contributed by atoms with E-state index in [0.717, 1.165) is 0 Å². The van der Waals surface area contributed by atoms with E-state index < -0.39 is 35.4 Å². The third kappa shape index (κ3) is 4.86. The average molecular weight is 502 g/mol. The van der Waals surface area contributed by atoms with E-state index in [0.29, 0.717) is 51.1 Å². The fourth-order valence-corrected chi connectivity index (χ4v) is 7.07. The lowest BCUT2D eigenvalue weighted by Crippen LogP contribution is -2.49. The van der Waals surface area contributed by atoms with E-state index in [-0.39, 0.29) is 24.0 Å². The highest BCUT2D eigenvalue weighted by molar-refractivity contribution is 7.92. The van der Waals surface area contributed by atoms with E-state index in [1.807, 2.05) is 4.90 Å². The van der Waals surface area contributed by atoms with Gasteiger partial charge in [-0.15, -0.1) is 10.2 Å². The minimum absolute atomic E-state index is 0.0724. The molecule has 0 spiro atoms. The van der Waals surface area contributed by atoms with Crippen molar-refractivity contribution in [1.82, 2.24) is 30.7 Å². The van der Waals surface area contributed by atoms with Gasteiger partial charge in [0.1, 0.15) is 9.79 Å². The van der Waals surface area contributed by atoms with Crippen LogP contribution in [0.15, 0.2) is 21.9 Å². The third-order valence-corrected chi connectivity index (χ3v) is 8.72. The van der Waals surface area contributed by atoms with Crippen LogP contribution < -0.4 is 25.8 Å². The number of aliphatic hydroxyl groups is 1. The maximum absolute atomic E-state index is 13.2. The first kappa shape index (κ1) is 23.9. The van der Waals surface area contributed by atoms with E-state index in [1.165, 1.54) is 12.1 Å². The molecule has 8 N–H and O–H groups in total. The van der Waals surface area contributed by atoms with Crippen LogP contribution in [0, 0.1) is 0 Å². The third-order valence-electron chi connectivity index (χ3n) is 6.04. The summed E-state index contributed by atoms with van der Waals surface area (Å²) in [6.07, 6.45) is 1.25. The van der Waals surface area contributed by atoms with Gasteiger partial charge in [0, 0.05) is 37.9 Å². The molecule has 14 nitrogen and oxygen atoms in total. The van der Waals surface area contributed by atoms with Gasteiger partial charge in [0.15, 0.2) is 0 Å². The molecule has 0 bridgehead atoms. The summed E-state index contributed by atoms with van der Waals surface area (Å²) in [4.78, 5) is 0.713. The van der Waals surface area contributed by atoms with Gasteiger partial charge >= 0.3 is 0 Å². The van der Waals surface area contributed by atoms with Gasteiger partial charge in [0.05, 0.1) is 11.2 Å². The topological polar surface area (TPSA) is 222 Å². The minimum atomic E-state index is -4.55. The number of nitrogens with one attached hydrogen (secondary N) is 3. The molecule has 0 aliphatic carbocycles. The van der Waals surface area contributed by atoms with Gasteiger partial charge in [-0.05, 0) is 43.2 Å². The number of piperidine rings is 1. The van der Waals surface area contributed by atoms with Crippen molar-refractivity contribution >= 4 is 25.7 Å². The second-order valence-electron chi connectivity index (χ2n) is 8.29. The van der Waals surface area contributed by atoms with Crippen molar-refractivity contribution in [3.05, 3.63) is 12.1 Å². The van der Waals surface area contributed by atoms with Crippen LogP contribution in [0.2, 0.25) is 0 Å². The molecular weight excluding hydrogens is 474 g/mol. The molecule has 2 aliphatic heterocycles. The lowest BCUT2D eigenvalue weighted by atomic mass is 9.91. The summed E-state index contributed by atoms with van der Waals surface area (Å²) in [7, 11) is -8.80. The number of hydrogen-bond donors (Lipinski definition) is 6. The van der Waals surface area contributed by atoms with Crippen molar-refractivity contribution in [2.45, 2.75) is 40.7 Å². The highest BCUT2D eigenvalue weighted by Crippen LogP contribution is 2.40. The van der Waals surface area contributed by atoms with Gasteiger partial charge in [0.25, 0.3) is 0 Å². The maximum atomic E-state index is 13.2. The van der Waals surface area contributed by atoms with E-state index >= 15 is 0 Å². The molecule has 0 radical (unpaired) electrons. The standard InChI is InChI=1S/C17H27N9O5S2/c18-10-17(27)4-7-26(8-5-17)12-1-2-13(33(30,31)23-11-3-6-20-9-11)15(32(19,28)29)14(12)16-21-24-25-22-16/h1-2,11,20,23,27H,3-10,18H2,(H2,19,28,29)(H,21,22,24,25)/t11-/m1/s1. The van der Waals surface area contributed by atoms with E-state index in [4.69, 9.17) is 10.9 Å². The Kier molecular flexibility index (Phi) is 6.43. The van der Waals surface area contributed by atoms with Crippen LogP contribution in [0.3, 0.4) is 0 Å². The normalized spacial score (nSPS) is 21.4. The first-order valence-electron chi connectivity index (χ1n) is 10.4. The summed E-state index contributed by atoms with van der Waals surface area (Å²) in [5, 5.41) is 32.6. The van der Waals surface area contributed by atoms with Gasteiger partial charge in [-0.25, -0.2) is 26.7 Å². The molecule has 3 heterocycles. The number of nitrogens with two attached hydrogens (primary N) is 2. The molecule has 2 aliphatic rings. The van der Waals surface area contributed by atoms with Crippen LogP contribution in [0.4, 0.5) is 5.69 Å².